The van der Waals surface area contributed by atoms with E-state index in [1.807, 2.05) is 4.90 Å². The Kier molecular flexibility index (Phi) is 6.52. The summed E-state index contributed by atoms with van der Waals surface area (Å²) in [5.74, 6) is 0.499. The molecule has 2 saturated heterocycles. The van der Waals surface area contributed by atoms with Crippen molar-refractivity contribution in [1.82, 2.24) is 29.6 Å². The largest absolute Gasteiger partial charge is 0.369 e. The third-order valence-corrected chi connectivity index (χ3v) is 11.6. The summed E-state index contributed by atoms with van der Waals surface area (Å²) in [5.41, 5.74) is 0.422. The summed E-state index contributed by atoms with van der Waals surface area (Å²) in [5, 5.41) is 12.3. The normalized spacial score (nSPS) is 25.0. The number of hydrogen-bond acceptors (Lipinski definition) is 8. The lowest BCUT2D eigenvalue weighted by atomic mass is 9.83. The molecule has 0 spiro atoms. The average molecular weight is 617 g/mol. The first-order chi connectivity index (χ1) is 20.1. The van der Waals surface area contributed by atoms with Crippen LogP contribution in [0.5, 0.6) is 0 Å². The van der Waals surface area contributed by atoms with Gasteiger partial charge in [-0.15, -0.1) is 14.9 Å². The third-order valence-electron chi connectivity index (χ3n) is 9.17. The molecule has 3 aromatic rings. The third kappa shape index (κ3) is 4.55. The Bertz CT molecular complexity index is 1710. The van der Waals surface area contributed by atoms with E-state index in [1.165, 1.54) is 6.07 Å². The van der Waals surface area contributed by atoms with Crippen molar-refractivity contribution in [2.24, 2.45) is 24.8 Å². The molecule has 1 N–H and O–H groups in total. The van der Waals surface area contributed by atoms with Gasteiger partial charge in [-0.05, 0) is 49.7 Å². The lowest BCUT2D eigenvalue weighted by Gasteiger charge is -2.40. The molecule has 15 heteroatoms. The van der Waals surface area contributed by atoms with Crippen LogP contribution in [0.4, 0.5) is 14.5 Å². The second kappa shape index (κ2) is 9.92. The first-order valence-corrected chi connectivity index (χ1v) is 16.5. The summed E-state index contributed by atoms with van der Waals surface area (Å²) in [7, 11) is -2.38. The SMILES string of the molecule is [C-]#[N+]C1(NS(=O)(=O)c2cc(N3CC4CCC(C3)C4C(=O)N3CCCC3)c3c(c2)c(-c2nnc(C(F)F)s2)nn3C)CC1. The molecular weight excluding hydrogens is 586 g/mol. The van der Waals surface area contributed by atoms with Crippen LogP contribution in [0.2, 0.25) is 0 Å². The number of nitrogens with one attached hydrogen (secondary N) is 1. The first-order valence-electron chi connectivity index (χ1n) is 14.2. The minimum Gasteiger partial charge on any atom is -0.369 e. The number of hydrogen-bond donors (Lipinski definition) is 1. The van der Waals surface area contributed by atoms with Crippen molar-refractivity contribution in [3.05, 3.63) is 28.6 Å². The van der Waals surface area contributed by atoms with Gasteiger partial charge in [0.25, 0.3) is 12.1 Å². The Balaban J connectivity index is 1.32. The van der Waals surface area contributed by atoms with Crippen LogP contribution in [-0.2, 0) is 21.9 Å². The van der Waals surface area contributed by atoms with E-state index in [9.17, 15) is 22.0 Å². The molecule has 222 valence electrons. The standard InChI is InChI=1S/C27H30F2N8O3S2/c1-30-27(7-8-27)34-42(39,40)17-11-18-21(24-31-32-25(41-24)23(28)29)33-35(2)22(18)19(12-17)37-13-15-5-6-16(14-37)20(15)26(38)36-9-3-4-10-36/h11-12,15-16,20,23,34H,3-10,13-14H2,2H3. The van der Waals surface area contributed by atoms with Crippen LogP contribution in [0.25, 0.3) is 26.4 Å². The quantitative estimate of drug-likeness (QED) is 0.402. The Hall–Kier alpha value is -3.22. The zero-order valence-corrected chi connectivity index (χ0v) is 24.6. The molecule has 4 aliphatic rings. The van der Waals surface area contributed by atoms with Gasteiger partial charge in [0, 0.05) is 44.5 Å². The Morgan fingerprint density at radius 2 is 1.86 bits per heavy atom. The highest BCUT2D eigenvalue weighted by Gasteiger charge is 2.54. The summed E-state index contributed by atoms with van der Waals surface area (Å²) in [6.45, 7) is 10.3. The predicted molar refractivity (Wildman–Crippen MR) is 151 cm³/mol. The van der Waals surface area contributed by atoms with Crippen LogP contribution < -0.4 is 9.62 Å². The number of carbonyl (C=O) groups is 1. The summed E-state index contributed by atoms with van der Waals surface area (Å²) >= 11 is 0.718. The summed E-state index contributed by atoms with van der Waals surface area (Å²) in [4.78, 5) is 21.1. The van der Waals surface area contributed by atoms with Gasteiger partial charge < -0.3 is 9.80 Å². The second-order valence-electron chi connectivity index (χ2n) is 11.9. The van der Waals surface area contributed by atoms with Crippen LogP contribution in [0.1, 0.15) is 50.0 Å². The van der Waals surface area contributed by atoms with Crippen molar-refractivity contribution in [1.29, 1.82) is 0 Å². The number of carbonyl (C=O) groups excluding carboxylic acids is 1. The van der Waals surface area contributed by atoms with Gasteiger partial charge in [0.2, 0.25) is 15.9 Å². The molecule has 2 unspecified atom stereocenters. The van der Waals surface area contributed by atoms with Gasteiger partial charge in [0.1, 0.15) is 5.69 Å². The Labute approximate surface area is 245 Å². The molecule has 1 aromatic carbocycles. The molecule has 2 aromatic heterocycles. The maximum Gasteiger partial charge on any atom is 0.299 e. The lowest BCUT2D eigenvalue weighted by molar-refractivity contribution is -0.137. The minimum absolute atomic E-state index is 0.0320. The maximum absolute atomic E-state index is 13.6. The van der Waals surface area contributed by atoms with E-state index in [2.05, 4.69) is 29.8 Å². The number of benzene rings is 1. The van der Waals surface area contributed by atoms with Crippen molar-refractivity contribution in [3.63, 3.8) is 0 Å². The average Bonchev–Trinajstić information content (AvgIpc) is 3.41. The maximum atomic E-state index is 13.6. The number of aryl methyl sites for hydroxylation is 1. The van der Waals surface area contributed by atoms with E-state index in [-0.39, 0.29) is 39.3 Å². The van der Waals surface area contributed by atoms with Gasteiger partial charge in [-0.25, -0.2) is 23.8 Å². The van der Waals surface area contributed by atoms with Gasteiger partial charge in [0.15, 0.2) is 10.0 Å². The van der Waals surface area contributed by atoms with Crippen molar-refractivity contribution in [2.45, 2.75) is 55.5 Å². The van der Waals surface area contributed by atoms with Crippen molar-refractivity contribution < 1.29 is 22.0 Å². The van der Waals surface area contributed by atoms with Crippen LogP contribution in [0, 0.1) is 24.3 Å². The van der Waals surface area contributed by atoms with Crippen LogP contribution >= 0.6 is 11.3 Å². The topological polar surface area (TPSA) is 118 Å². The van der Waals surface area contributed by atoms with Crippen LogP contribution in [0.15, 0.2) is 17.0 Å². The molecule has 2 aliphatic heterocycles. The number of halogens is 2. The van der Waals surface area contributed by atoms with E-state index in [0.29, 0.717) is 42.5 Å². The first kappa shape index (κ1) is 27.6. The molecule has 42 heavy (non-hydrogen) atoms. The van der Waals surface area contributed by atoms with Gasteiger partial charge >= 0.3 is 0 Å². The fourth-order valence-corrected chi connectivity index (χ4v) is 9.08. The zero-order chi connectivity index (χ0) is 29.4. The summed E-state index contributed by atoms with van der Waals surface area (Å²) in [6, 6.07) is 3.09. The van der Waals surface area contributed by atoms with Crippen molar-refractivity contribution >= 4 is 43.9 Å². The van der Waals surface area contributed by atoms with Crippen molar-refractivity contribution in [2.75, 3.05) is 31.1 Å². The molecular formula is C27H30F2N8O3S2. The molecule has 2 atom stereocenters. The highest BCUT2D eigenvalue weighted by molar-refractivity contribution is 7.89. The van der Waals surface area contributed by atoms with E-state index < -0.39 is 27.1 Å². The Morgan fingerprint density at radius 1 is 1.17 bits per heavy atom. The molecule has 2 saturated carbocycles. The number of nitrogens with zero attached hydrogens (tertiary/aromatic N) is 7. The number of piperidine rings is 1. The monoisotopic (exact) mass is 616 g/mol. The smallest absolute Gasteiger partial charge is 0.299 e. The van der Waals surface area contributed by atoms with Crippen LogP contribution in [-0.4, -0.2) is 71.0 Å². The summed E-state index contributed by atoms with van der Waals surface area (Å²) in [6.07, 6.45) is 2.03. The summed E-state index contributed by atoms with van der Waals surface area (Å²) < 4.78 is 58.1. The second-order valence-corrected chi connectivity index (χ2v) is 14.6. The molecule has 2 aliphatic carbocycles. The number of amides is 1. The molecule has 7 rings (SSSR count). The highest BCUT2D eigenvalue weighted by Crippen LogP contribution is 2.47. The van der Waals surface area contributed by atoms with Crippen LogP contribution in [0.3, 0.4) is 0 Å². The molecule has 2 bridgehead atoms. The number of fused-ring (bicyclic) bond motifs is 3. The lowest BCUT2D eigenvalue weighted by Crippen LogP contribution is -2.48. The Morgan fingerprint density at radius 3 is 2.45 bits per heavy atom. The van der Waals surface area contributed by atoms with Gasteiger partial charge in [0.05, 0.1) is 28.9 Å². The number of aromatic nitrogens is 4. The number of rotatable bonds is 7. The number of likely N-dealkylation sites (tertiary alicyclic amines) is 1. The van der Waals surface area contributed by atoms with E-state index in [0.717, 1.165) is 50.1 Å². The number of sulfonamides is 1. The predicted octanol–water partition coefficient (Wildman–Crippen LogP) is 3.80. The van der Waals surface area contributed by atoms with Crippen molar-refractivity contribution in [3.8, 4) is 10.7 Å². The van der Waals surface area contributed by atoms with E-state index >= 15 is 0 Å². The number of anilines is 1. The minimum atomic E-state index is -4.11. The van der Waals surface area contributed by atoms with E-state index in [4.69, 9.17) is 6.57 Å². The fourth-order valence-electron chi connectivity index (χ4n) is 6.98. The molecule has 4 fully saturated rings. The zero-order valence-electron chi connectivity index (χ0n) is 23.0. The molecule has 11 nitrogen and oxygen atoms in total. The number of alkyl halides is 2. The highest BCUT2D eigenvalue weighted by atomic mass is 32.2. The van der Waals surface area contributed by atoms with Gasteiger partial charge in [-0.1, -0.05) is 11.3 Å². The van der Waals surface area contributed by atoms with Gasteiger partial charge in [-0.3, -0.25) is 14.3 Å². The molecule has 1 amide bonds. The van der Waals surface area contributed by atoms with E-state index in [1.54, 1.807) is 17.8 Å². The van der Waals surface area contributed by atoms with Gasteiger partial charge in [-0.2, -0.15) is 5.10 Å². The molecule has 4 heterocycles. The molecule has 0 radical (unpaired) electrons. The fraction of sp³-hybridized carbons (Fsp3) is 0.593.